The van der Waals surface area contributed by atoms with Gasteiger partial charge in [-0.15, -0.1) is 11.3 Å². The molecule has 2 aromatic heterocycles. The first kappa shape index (κ1) is 18.3. The standard InChI is InChI=1S/C21H24FN3OS/c1-12-7-8-16-17(9-12)27-21-18(16)20(26)23-19(24-21)13(2)25(3)11-14-5-4-6-15(22)10-14/h4-6,10,12-13H,7-9,11H2,1-3H3,(H,23,24,26)/t12-,13+/m1/s1. The summed E-state index contributed by atoms with van der Waals surface area (Å²) >= 11 is 1.67. The molecule has 1 aliphatic carbocycles. The lowest BCUT2D eigenvalue weighted by atomic mass is 9.89. The van der Waals surface area contributed by atoms with Crippen LogP contribution < -0.4 is 5.56 Å². The molecule has 0 bridgehead atoms. The van der Waals surface area contributed by atoms with Gasteiger partial charge in [-0.2, -0.15) is 0 Å². The summed E-state index contributed by atoms with van der Waals surface area (Å²) in [6, 6.07) is 6.52. The maximum absolute atomic E-state index is 13.4. The van der Waals surface area contributed by atoms with E-state index in [0.29, 0.717) is 18.3 Å². The van der Waals surface area contributed by atoms with Crippen molar-refractivity contribution in [3.8, 4) is 0 Å². The van der Waals surface area contributed by atoms with Crippen LogP contribution in [0.3, 0.4) is 0 Å². The fourth-order valence-corrected chi connectivity index (χ4v) is 5.22. The highest BCUT2D eigenvalue weighted by molar-refractivity contribution is 7.18. The molecule has 2 atom stereocenters. The number of aromatic amines is 1. The Balaban J connectivity index is 1.64. The van der Waals surface area contributed by atoms with Crippen LogP contribution in [0.25, 0.3) is 10.2 Å². The molecule has 0 radical (unpaired) electrons. The molecule has 142 valence electrons. The second kappa shape index (κ2) is 7.17. The third-order valence-corrected chi connectivity index (χ3v) is 6.71. The molecule has 2 heterocycles. The lowest BCUT2D eigenvalue weighted by Crippen LogP contribution is -2.26. The zero-order valence-corrected chi connectivity index (χ0v) is 16.7. The van der Waals surface area contributed by atoms with E-state index < -0.39 is 0 Å². The third-order valence-electron chi connectivity index (χ3n) is 5.56. The second-order valence-electron chi connectivity index (χ2n) is 7.70. The number of benzene rings is 1. The van der Waals surface area contributed by atoms with Crippen LogP contribution in [-0.2, 0) is 19.4 Å². The smallest absolute Gasteiger partial charge is 0.259 e. The Bertz CT molecular complexity index is 1040. The SMILES string of the molecule is C[C@@H]1CCc2c(sc3nc([C@H](C)N(C)Cc4cccc(F)c4)[nH]c(=O)c23)C1. The average Bonchev–Trinajstić information content (AvgIpc) is 2.98. The van der Waals surface area contributed by atoms with Crippen molar-refractivity contribution in [2.75, 3.05) is 7.05 Å². The van der Waals surface area contributed by atoms with Gasteiger partial charge in [0, 0.05) is 11.4 Å². The van der Waals surface area contributed by atoms with Crippen LogP contribution in [0, 0.1) is 11.7 Å². The number of aromatic nitrogens is 2. The molecule has 0 saturated carbocycles. The van der Waals surface area contributed by atoms with Gasteiger partial charge in [0.05, 0.1) is 11.4 Å². The molecule has 4 nitrogen and oxygen atoms in total. The first-order valence-corrected chi connectivity index (χ1v) is 10.2. The molecule has 6 heteroatoms. The van der Waals surface area contributed by atoms with Gasteiger partial charge in [0.2, 0.25) is 0 Å². The zero-order valence-electron chi connectivity index (χ0n) is 15.9. The van der Waals surface area contributed by atoms with Gasteiger partial charge in [-0.05, 0) is 62.4 Å². The summed E-state index contributed by atoms with van der Waals surface area (Å²) in [4.78, 5) is 24.8. The third kappa shape index (κ3) is 3.56. The van der Waals surface area contributed by atoms with E-state index in [1.54, 1.807) is 17.4 Å². The average molecular weight is 386 g/mol. The summed E-state index contributed by atoms with van der Waals surface area (Å²) in [7, 11) is 1.96. The number of nitrogens with zero attached hydrogens (tertiary/aromatic N) is 2. The topological polar surface area (TPSA) is 49.0 Å². The number of rotatable bonds is 4. The number of halogens is 1. The van der Waals surface area contributed by atoms with Crippen molar-refractivity contribution in [3.63, 3.8) is 0 Å². The molecule has 0 spiro atoms. The molecule has 1 N–H and O–H groups in total. The molecule has 0 fully saturated rings. The normalized spacial score (nSPS) is 18.0. The summed E-state index contributed by atoms with van der Waals surface area (Å²) in [6.07, 6.45) is 3.14. The van der Waals surface area contributed by atoms with Crippen molar-refractivity contribution >= 4 is 21.6 Å². The van der Waals surface area contributed by atoms with Gasteiger partial charge in [-0.3, -0.25) is 9.69 Å². The van der Waals surface area contributed by atoms with Crippen LogP contribution in [0.1, 0.15) is 48.1 Å². The summed E-state index contributed by atoms with van der Waals surface area (Å²) in [5, 5.41) is 0.783. The Morgan fingerprint density at radius 1 is 1.44 bits per heavy atom. The van der Waals surface area contributed by atoms with E-state index in [9.17, 15) is 9.18 Å². The van der Waals surface area contributed by atoms with Gasteiger partial charge in [0.15, 0.2) is 0 Å². The molecule has 0 saturated heterocycles. The summed E-state index contributed by atoms with van der Waals surface area (Å²) in [5.74, 6) is 1.10. The van der Waals surface area contributed by atoms with Crippen molar-refractivity contribution in [1.29, 1.82) is 0 Å². The van der Waals surface area contributed by atoms with Crippen molar-refractivity contribution < 1.29 is 4.39 Å². The summed E-state index contributed by atoms with van der Waals surface area (Å²) in [6.45, 7) is 4.86. The van der Waals surface area contributed by atoms with Crippen molar-refractivity contribution in [2.45, 2.75) is 45.7 Å². The maximum Gasteiger partial charge on any atom is 0.259 e. The van der Waals surface area contributed by atoms with E-state index in [1.807, 2.05) is 20.0 Å². The Kier molecular flexibility index (Phi) is 4.86. The molecule has 3 aromatic rings. The van der Waals surface area contributed by atoms with Gasteiger partial charge in [0.1, 0.15) is 16.5 Å². The number of aryl methyl sites for hydroxylation is 1. The Labute approximate surface area is 162 Å². The van der Waals surface area contributed by atoms with Gasteiger partial charge in [0.25, 0.3) is 5.56 Å². The molecule has 0 amide bonds. The highest BCUT2D eigenvalue weighted by Gasteiger charge is 2.24. The molecular formula is C21H24FN3OS. The van der Waals surface area contributed by atoms with E-state index in [0.717, 1.165) is 35.0 Å². The number of H-pyrrole nitrogens is 1. The van der Waals surface area contributed by atoms with Gasteiger partial charge < -0.3 is 4.98 Å². The predicted molar refractivity (Wildman–Crippen MR) is 108 cm³/mol. The van der Waals surface area contributed by atoms with E-state index in [2.05, 4.69) is 16.8 Å². The number of hydrogen-bond acceptors (Lipinski definition) is 4. The minimum Gasteiger partial charge on any atom is -0.309 e. The first-order valence-electron chi connectivity index (χ1n) is 9.41. The number of thiophene rings is 1. The number of hydrogen-bond donors (Lipinski definition) is 1. The lowest BCUT2D eigenvalue weighted by Gasteiger charge is -2.24. The second-order valence-corrected chi connectivity index (χ2v) is 8.79. The molecule has 27 heavy (non-hydrogen) atoms. The van der Waals surface area contributed by atoms with Crippen LogP contribution in [0.4, 0.5) is 4.39 Å². The van der Waals surface area contributed by atoms with Crippen molar-refractivity contribution in [1.82, 2.24) is 14.9 Å². The Morgan fingerprint density at radius 2 is 2.26 bits per heavy atom. The fourth-order valence-electron chi connectivity index (χ4n) is 3.83. The van der Waals surface area contributed by atoms with Crippen LogP contribution in [-0.4, -0.2) is 21.9 Å². The Hall–Kier alpha value is -2.05. The van der Waals surface area contributed by atoms with Gasteiger partial charge in [-0.25, -0.2) is 9.37 Å². The summed E-state index contributed by atoms with van der Waals surface area (Å²) in [5.41, 5.74) is 2.07. The molecule has 1 aliphatic rings. The van der Waals surface area contributed by atoms with Crippen molar-refractivity contribution in [3.05, 3.63) is 62.3 Å². The van der Waals surface area contributed by atoms with Gasteiger partial charge >= 0.3 is 0 Å². The number of fused-ring (bicyclic) bond motifs is 3. The van der Waals surface area contributed by atoms with Gasteiger partial charge in [-0.1, -0.05) is 19.1 Å². The van der Waals surface area contributed by atoms with E-state index in [4.69, 9.17) is 4.98 Å². The quantitative estimate of drug-likeness (QED) is 0.722. The lowest BCUT2D eigenvalue weighted by molar-refractivity contribution is 0.243. The first-order chi connectivity index (χ1) is 12.9. The maximum atomic E-state index is 13.4. The Morgan fingerprint density at radius 3 is 3.04 bits per heavy atom. The van der Waals surface area contributed by atoms with E-state index >= 15 is 0 Å². The number of nitrogens with one attached hydrogen (secondary N) is 1. The zero-order chi connectivity index (χ0) is 19.1. The van der Waals surface area contributed by atoms with Crippen LogP contribution in [0.5, 0.6) is 0 Å². The largest absolute Gasteiger partial charge is 0.309 e. The fraction of sp³-hybridized carbons (Fsp3) is 0.429. The van der Waals surface area contributed by atoms with Crippen LogP contribution in [0.2, 0.25) is 0 Å². The van der Waals surface area contributed by atoms with Crippen molar-refractivity contribution in [2.24, 2.45) is 5.92 Å². The minimum atomic E-state index is -0.236. The minimum absolute atomic E-state index is 0.0342. The summed E-state index contributed by atoms with van der Waals surface area (Å²) < 4.78 is 13.4. The molecule has 4 rings (SSSR count). The molecule has 0 aliphatic heterocycles. The van der Waals surface area contributed by atoms with E-state index in [-0.39, 0.29) is 17.4 Å². The van der Waals surface area contributed by atoms with Crippen LogP contribution in [0.15, 0.2) is 29.1 Å². The van der Waals surface area contributed by atoms with E-state index in [1.165, 1.54) is 22.6 Å². The molecule has 0 unspecified atom stereocenters. The monoisotopic (exact) mass is 385 g/mol. The highest BCUT2D eigenvalue weighted by atomic mass is 32.1. The predicted octanol–water partition coefficient (Wildman–Crippen LogP) is 4.44. The molecular weight excluding hydrogens is 361 g/mol. The highest BCUT2D eigenvalue weighted by Crippen LogP contribution is 2.36. The van der Waals surface area contributed by atoms with Crippen LogP contribution >= 0.6 is 11.3 Å². The molecule has 1 aromatic carbocycles.